The summed E-state index contributed by atoms with van der Waals surface area (Å²) in [6, 6.07) is 10.9. The number of para-hydroxylation sites is 1. The minimum Gasteiger partial charge on any atom is -0.495 e. The summed E-state index contributed by atoms with van der Waals surface area (Å²) < 4.78 is 5.19. The van der Waals surface area contributed by atoms with E-state index in [0.29, 0.717) is 21.9 Å². The Hall–Kier alpha value is -2.32. The topological polar surface area (TPSA) is 62.1 Å². The highest BCUT2D eigenvalue weighted by atomic mass is 32.1. The Morgan fingerprint density at radius 1 is 1.40 bits per heavy atom. The van der Waals surface area contributed by atoms with Gasteiger partial charge in [-0.25, -0.2) is 0 Å². The molecular weight excluding hydrogens is 272 g/mol. The summed E-state index contributed by atoms with van der Waals surface area (Å²) in [4.78, 5) is 14.0. The fraction of sp³-hybridized carbons (Fsp3) is 0.200. The maximum Gasteiger partial charge on any atom is 0.265 e. The molecule has 0 fully saturated rings. The SMILES string of the molecule is CCc1ccc(C(=O)Nc2c(C#N)cccc2OC)s1. The first-order valence-corrected chi connectivity index (χ1v) is 6.98. The first-order chi connectivity index (χ1) is 9.69. The first-order valence-electron chi connectivity index (χ1n) is 6.16. The van der Waals surface area contributed by atoms with Crippen molar-refractivity contribution in [3.8, 4) is 11.8 Å². The molecule has 4 nitrogen and oxygen atoms in total. The highest BCUT2D eigenvalue weighted by Gasteiger charge is 2.15. The predicted octanol–water partition coefficient (Wildman–Crippen LogP) is 3.44. The molecule has 1 aromatic carbocycles. The summed E-state index contributed by atoms with van der Waals surface area (Å²) in [5.41, 5.74) is 0.791. The number of rotatable bonds is 4. The van der Waals surface area contributed by atoms with Crippen LogP contribution in [0.25, 0.3) is 0 Å². The Balaban J connectivity index is 2.30. The number of carbonyl (C=O) groups is 1. The minimum absolute atomic E-state index is 0.226. The largest absolute Gasteiger partial charge is 0.495 e. The lowest BCUT2D eigenvalue weighted by molar-refractivity contribution is 0.103. The number of methoxy groups -OCH3 is 1. The number of ether oxygens (including phenoxy) is 1. The Kier molecular flexibility index (Phi) is 4.38. The molecule has 2 rings (SSSR count). The normalized spacial score (nSPS) is 9.85. The highest BCUT2D eigenvalue weighted by Crippen LogP contribution is 2.29. The fourth-order valence-corrected chi connectivity index (χ4v) is 2.63. The quantitative estimate of drug-likeness (QED) is 0.936. The second-order valence-corrected chi connectivity index (χ2v) is 5.24. The van der Waals surface area contributed by atoms with Crippen molar-refractivity contribution in [1.82, 2.24) is 0 Å². The van der Waals surface area contributed by atoms with Gasteiger partial charge < -0.3 is 10.1 Å². The van der Waals surface area contributed by atoms with Crippen molar-refractivity contribution in [3.63, 3.8) is 0 Å². The van der Waals surface area contributed by atoms with Crippen molar-refractivity contribution < 1.29 is 9.53 Å². The average molecular weight is 286 g/mol. The Bertz CT molecular complexity index is 671. The van der Waals surface area contributed by atoms with Crippen LogP contribution in [0.3, 0.4) is 0 Å². The van der Waals surface area contributed by atoms with Crippen LogP contribution in [-0.2, 0) is 6.42 Å². The van der Waals surface area contributed by atoms with Gasteiger partial charge in [0.1, 0.15) is 17.5 Å². The second-order valence-electron chi connectivity index (χ2n) is 4.07. The van der Waals surface area contributed by atoms with Crippen LogP contribution < -0.4 is 10.1 Å². The van der Waals surface area contributed by atoms with E-state index in [9.17, 15) is 4.79 Å². The molecule has 0 aliphatic heterocycles. The Labute approximate surface area is 121 Å². The number of nitriles is 1. The molecule has 0 saturated carbocycles. The van der Waals surface area contributed by atoms with Crippen LogP contribution in [0.1, 0.15) is 27.0 Å². The summed E-state index contributed by atoms with van der Waals surface area (Å²) in [5, 5.41) is 11.9. The molecule has 0 saturated heterocycles. The van der Waals surface area contributed by atoms with E-state index in [1.165, 1.54) is 18.4 Å². The van der Waals surface area contributed by atoms with Crippen molar-refractivity contribution in [2.45, 2.75) is 13.3 Å². The van der Waals surface area contributed by atoms with Gasteiger partial charge in [-0.2, -0.15) is 5.26 Å². The van der Waals surface area contributed by atoms with Gasteiger partial charge in [0, 0.05) is 4.88 Å². The van der Waals surface area contributed by atoms with Gasteiger partial charge in [0.25, 0.3) is 5.91 Å². The maximum absolute atomic E-state index is 12.2. The summed E-state index contributed by atoms with van der Waals surface area (Å²) in [6.07, 6.45) is 0.899. The zero-order valence-corrected chi connectivity index (χ0v) is 12.1. The molecule has 0 radical (unpaired) electrons. The number of hydrogen-bond acceptors (Lipinski definition) is 4. The Morgan fingerprint density at radius 3 is 2.80 bits per heavy atom. The zero-order chi connectivity index (χ0) is 14.5. The lowest BCUT2D eigenvalue weighted by atomic mass is 10.1. The van der Waals surface area contributed by atoms with E-state index in [-0.39, 0.29) is 5.91 Å². The smallest absolute Gasteiger partial charge is 0.265 e. The second kappa shape index (κ2) is 6.22. The molecule has 0 spiro atoms. The van der Waals surface area contributed by atoms with E-state index in [2.05, 4.69) is 11.4 Å². The number of aryl methyl sites for hydroxylation is 1. The van der Waals surface area contributed by atoms with Crippen molar-refractivity contribution in [2.75, 3.05) is 12.4 Å². The van der Waals surface area contributed by atoms with E-state index in [1.807, 2.05) is 13.0 Å². The maximum atomic E-state index is 12.2. The van der Waals surface area contributed by atoms with E-state index in [4.69, 9.17) is 10.00 Å². The van der Waals surface area contributed by atoms with Crippen molar-refractivity contribution in [3.05, 3.63) is 45.6 Å². The molecule has 1 aromatic heterocycles. The summed E-state index contributed by atoms with van der Waals surface area (Å²) in [5.74, 6) is 0.250. The third kappa shape index (κ3) is 2.81. The number of carbonyl (C=O) groups excluding carboxylic acids is 1. The lowest BCUT2D eigenvalue weighted by Gasteiger charge is -2.10. The molecule has 5 heteroatoms. The van der Waals surface area contributed by atoms with Gasteiger partial charge >= 0.3 is 0 Å². The number of thiophene rings is 1. The van der Waals surface area contributed by atoms with Crippen LogP contribution in [0.15, 0.2) is 30.3 Å². The number of nitrogens with one attached hydrogen (secondary N) is 1. The van der Waals surface area contributed by atoms with Crippen molar-refractivity contribution >= 4 is 22.9 Å². The van der Waals surface area contributed by atoms with Crippen LogP contribution >= 0.6 is 11.3 Å². The van der Waals surface area contributed by atoms with E-state index in [1.54, 1.807) is 24.3 Å². The third-order valence-electron chi connectivity index (χ3n) is 2.84. The number of amides is 1. The molecule has 0 unspecified atom stereocenters. The zero-order valence-electron chi connectivity index (χ0n) is 11.3. The molecule has 0 aliphatic carbocycles. The molecule has 0 bridgehead atoms. The molecule has 2 aromatic rings. The van der Waals surface area contributed by atoms with Gasteiger partial charge in [-0.15, -0.1) is 11.3 Å². The van der Waals surface area contributed by atoms with Crippen molar-refractivity contribution in [2.24, 2.45) is 0 Å². The van der Waals surface area contributed by atoms with E-state index >= 15 is 0 Å². The van der Waals surface area contributed by atoms with Crippen LogP contribution in [-0.4, -0.2) is 13.0 Å². The van der Waals surface area contributed by atoms with Crippen molar-refractivity contribution in [1.29, 1.82) is 5.26 Å². The first kappa shape index (κ1) is 14.1. The monoisotopic (exact) mass is 286 g/mol. The lowest BCUT2D eigenvalue weighted by Crippen LogP contribution is -2.12. The summed E-state index contributed by atoms with van der Waals surface area (Å²) in [7, 11) is 1.51. The van der Waals surface area contributed by atoms with Crippen LogP contribution in [0, 0.1) is 11.3 Å². The fourth-order valence-electron chi connectivity index (χ4n) is 1.79. The molecule has 0 atom stereocenters. The number of anilines is 1. The molecular formula is C15H14N2O2S. The van der Waals surface area contributed by atoms with Crippen LogP contribution in [0.4, 0.5) is 5.69 Å². The molecule has 1 amide bonds. The molecule has 1 heterocycles. The molecule has 0 aliphatic rings. The molecule has 20 heavy (non-hydrogen) atoms. The van der Waals surface area contributed by atoms with Gasteiger partial charge in [0.2, 0.25) is 0 Å². The van der Waals surface area contributed by atoms with Gasteiger partial charge in [0.15, 0.2) is 0 Å². The minimum atomic E-state index is -0.226. The number of benzene rings is 1. The van der Waals surface area contributed by atoms with Crippen LogP contribution in [0.2, 0.25) is 0 Å². The van der Waals surface area contributed by atoms with Gasteiger partial charge in [-0.3, -0.25) is 4.79 Å². The predicted molar refractivity (Wildman–Crippen MR) is 79.4 cm³/mol. The summed E-state index contributed by atoms with van der Waals surface area (Å²) in [6.45, 7) is 2.04. The van der Waals surface area contributed by atoms with E-state index < -0.39 is 0 Å². The standard InChI is InChI=1S/C15H14N2O2S/c1-3-11-7-8-13(20-11)15(18)17-14-10(9-16)5-4-6-12(14)19-2/h4-8H,3H2,1-2H3,(H,17,18). The van der Waals surface area contributed by atoms with Gasteiger partial charge in [0.05, 0.1) is 17.6 Å². The molecule has 1 N–H and O–H groups in total. The average Bonchev–Trinajstić information content (AvgIpc) is 2.96. The highest BCUT2D eigenvalue weighted by molar-refractivity contribution is 7.14. The van der Waals surface area contributed by atoms with Crippen LogP contribution in [0.5, 0.6) is 5.75 Å². The third-order valence-corrected chi connectivity index (χ3v) is 4.07. The van der Waals surface area contributed by atoms with Gasteiger partial charge in [-0.05, 0) is 30.7 Å². The van der Waals surface area contributed by atoms with Gasteiger partial charge in [-0.1, -0.05) is 13.0 Å². The van der Waals surface area contributed by atoms with E-state index in [0.717, 1.165) is 11.3 Å². The molecule has 102 valence electrons. The Morgan fingerprint density at radius 2 is 2.20 bits per heavy atom. The number of nitrogens with zero attached hydrogens (tertiary/aromatic N) is 1. The number of hydrogen-bond donors (Lipinski definition) is 1. The summed E-state index contributed by atoms with van der Waals surface area (Å²) >= 11 is 1.45.